The Balaban J connectivity index is 1.97. The van der Waals surface area contributed by atoms with Crippen LogP contribution in [0.4, 0.5) is 0 Å². The minimum absolute atomic E-state index is 0.178. The molecule has 0 unspecified atom stereocenters. The molecule has 94 valence electrons. The highest BCUT2D eigenvalue weighted by Crippen LogP contribution is 2.23. The quantitative estimate of drug-likeness (QED) is 0.766. The highest BCUT2D eigenvalue weighted by Gasteiger charge is 2.33. The third-order valence-electron chi connectivity index (χ3n) is 3.55. The lowest BCUT2D eigenvalue weighted by atomic mass is 10.00. The first-order valence-electron chi connectivity index (χ1n) is 6.00. The van der Waals surface area contributed by atoms with Crippen molar-refractivity contribution in [3.8, 4) is 0 Å². The van der Waals surface area contributed by atoms with E-state index < -0.39 is 10.2 Å². The van der Waals surface area contributed by atoms with E-state index in [1.165, 1.54) is 0 Å². The fourth-order valence-corrected chi connectivity index (χ4v) is 4.12. The number of piperidine rings is 1. The molecule has 0 aromatic heterocycles. The summed E-state index contributed by atoms with van der Waals surface area (Å²) in [5.41, 5.74) is 0. The van der Waals surface area contributed by atoms with Gasteiger partial charge in [-0.05, 0) is 31.6 Å². The molecule has 0 saturated carbocycles. The average molecular weight is 248 g/mol. The van der Waals surface area contributed by atoms with E-state index in [-0.39, 0.29) is 12.5 Å². The van der Waals surface area contributed by atoms with Crippen molar-refractivity contribution in [3.05, 3.63) is 0 Å². The molecule has 0 amide bonds. The van der Waals surface area contributed by atoms with Gasteiger partial charge < -0.3 is 5.11 Å². The van der Waals surface area contributed by atoms with E-state index in [0.717, 1.165) is 25.7 Å². The van der Waals surface area contributed by atoms with Crippen molar-refractivity contribution in [1.82, 2.24) is 8.61 Å². The number of aliphatic hydroxyl groups excluding tert-OH is 1. The molecule has 2 aliphatic rings. The molecule has 0 aliphatic carbocycles. The van der Waals surface area contributed by atoms with Gasteiger partial charge in [0.15, 0.2) is 0 Å². The van der Waals surface area contributed by atoms with E-state index in [1.807, 2.05) is 0 Å². The molecule has 0 radical (unpaired) electrons. The topological polar surface area (TPSA) is 60.9 Å². The summed E-state index contributed by atoms with van der Waals surface area (Å²) in [6.07, 6.45) is 3.52. The molecule has 0 spiro atoms. The number of rotatable bonds is 3. The summed E-state index contributed by atoms with van der Waals surface area (Å²) in [6, 6.07) is 0. The molecule has 0 atom stereocenters. The van der Waals surface area contributed by atoms with Gasteiger partial charge in [-0.2, -0.15) is 17.0 Å². The summed E-state index contributed by atoms with van der Waals surface area (Å²) in [5, 5.41) is 9.01. The zero-order valence-corrected chi connectivity index (χ0v) is 10.3. The van der Waals surface area contributed by atoms with E-state index in [4.69, 9.17) is 5.11 Å². The van der Waals surface area contributed by atoms with Gasteiger partial charge in [0.2, 0.25) is 0 Å². The smallest absolute Gasteiger partial charge is 0.281 e. The fraction of sp³-hybridized carbons (Fsp3) is 1.00. The maximum Gasteiger partial charge on any atom is 0.281 e. The molecule has 2 aliphatic heterocycles. The first-order chi connectivity index (χ1) is 7.64. The van der Waals surface area contributed by atoms with Crippen LogP contribution in [0.25, 0.3) is 0 Å². The number of hydrogen-bond acceptors (Lipinski definition) is 3. The highest BCUT2D eigenvalue weighted by atomic mass is 32.2. The van der Waals surface area contributed by atoms with Gasteiger partial charge >= 0.3 is 0 Å². The molecular weight excluding hydrogens is 228 g/mol. The normalized spacial score (nSPS) is 26.3. The standard InChI is InChI=1S/C10H20N2O3S/c13-9-10-3-7-12(8-4-10)16(14,15)11-5-1-2-6-11/h10,13H,1-9H2. The van der Waals surface area contributed by atoms with Crippen molar-refractivity contribution in [3.63, 3.8) is 0 Å². The summed E-state index contributed by atoms with van der Waals surface area (Å²) in [5.74, 6) is 0.282. The second-order valence-electron chi connectivity index (χ2n) is 4.64. The Bertz CT molecular complexity index is 317. The first kappa shape index (κ1) is 12.3. The maximum absolute atomic E-state index is 12.2. The van der Waals surface area contributed by atoms with Gasteiger partial charge in [-0.1, -0.05) is 0 Å². The Kier molecular flexibility index (Phi) is 3.84. The highest BCUT2D eigenvalue weighted by molar-refractivity contribution is 7.86. The second kappa shape index (κ2) is 5.00. The lowest BCUT2D eigenvalue weighted by Gasteiger charge is -2.32. The van der Waals surface area contributed by atoms with Gasteiger partial charge in [0.1, 0.15) is 0 Å². The maximum atomic E-state index is 12.2. The Labute approximate surface area is 97.2 Å². The number of nitrogens with zero attached hydrogens (tertiary/aromatic N) is 2. The minimum atomic E-state index is -3.21. The van der Waals surface area contributed by atoms with Crippen LogP contribution in [-0.4, -0.2) is 54.9 Å². The summed E-state index contributed by atoms with van der Waals surface area (Å²) in [4.78, 5) is 0. The van der Waals surface area contributed by atoms with Crippen LogP contribution in [0.15, 0.2) is 0 Å². The molecular formula is C10H20N2O3S. The van der Waals surface area contributed by atoms with E-state index in [1.54, 1.807) is 8.61 Å². The van der Waals surface area contributed by atoms with E-state index in [2.05, 4.69) is 0 Å². The molecule has 1 N–H and O–H groups in total. The van der Waals surface area contributed by atoms with Crippen LogP contribution in [0.2, 0.25) is 0 Å². The molecule has 0 aromatic carbocycles. The average Bonchev–Trinajstić information content (AvgIpc) is 2.83. The lowest BCUT2D eigenvalue weighted by Crippen LogP contribution is -2.46. The molecule has 16 heavy (non-hydrogen) atoms. The molecule has 2 saturated heterocycles. The van der Waals surface area contributed by atoms with Crippen molar-refractivity contribution in [2.45, 2.75) is 25.7 Å². The van der Waals surface area contributed by atoms with Crippen molar-refractivity contribution >= 4 is 10.2 Å². The summed E-state index contributed by atoms with van der Waals surface area (Å²) in [6.45, 7) is 2.64. The van der Waals surface area contributed by atoms with Crippen LogP contribution in [0.3, 0.4) is 0 Å². The van der Waals surface area contributed by atoms with Crippen LogP contribution in [0.5, 0.6) is 0 Å². The van der Waals surface area contributed by atoms with Gasteiger partial charge in [0.25, 0.3) is 10.2 Å². The Morgan fingerprint density at radius 2 is 1.50 bits per heavy atom. The second-order valence-corrected chi connectivity index (χ2v) is 6.57. The van der Waals surface area contributed by atoms with E-state index in [9.17, 15) is 8.42 Å². The summed E-state index contributed by atoms with van der Waals surface area (Å²) < 4.78 is 27.5. The lowest BCUT2D eigenvalue weighted by molar-refractivity contribution is 0.167. The predicted octanol–water partition coefficient (Wildman–Crippen LogP) is 0.0313. The van der Waals surface area contributed by atoms with Crippen LogP contribution in [-0.2, 0) is 10.2 Å². The zero-order chi connectivity index (χ0) is 11.6. The van der Waals surface area contributed by atoms with Crippen molar-refractivity contribution < 1.29 is 13.5 Å². The van der Waals surface area contributed by atoms with Gasteiger partial charge in [-0.3, -0.25) is 0 Å². The Morgan fingerprint density at radius 1 is 1.00 bits per heavy atom. The SMILES string of the molecule is O=S(=O)(N1CCCC1)N1CCC(CO)CC1. The van der Waals surface area contributed by atoms with Gasteiger partial charge in [0, 0.05) is 32.8 Å². The number of aliphatic hydroxyl groups is 1. The van der Waals surface area contributed by atoms with Crippen molar-refractivity contribution in [2.24, 2.45) is 5.92 Å². The third-order valence-corrected chi connectivity index (χ3v) is 5.58. The molecule has 5 nitrogen and oxygen atoms in total. The summed E-state index contributed by atoms with van der Waals surface area (Å²) >= 11 is 0. The Morgan fingerprint density at radius 3 is 2.00 bits per heavy atom. The van der Waals surface area contributed by atoms with E-state index in [0.29, 0.717) is 26.2 Å². The van der Waals surface area contributed by atoms with Crippen LogP contribution in [0, 0.1) is 5.92 Å². The third kappa shape index (κ3) is 2.40. The molecule has 0 aromatic rings. The molecule has 2 heterocycles. The Hall–Kier alpha value is -0.170. The predicted molar refractivity (Wildman–Crippen MR) is 61.1 cm³/mol. The monoisotopic (exact) mass is 248 g/mol. The van der Waals surface area contributed by atoms with Gasteiger partial charge in [0.05, 0.1) is 0 Å². The van der Waals surface area contributed by atoms with Crippen LogP contribution >= 0.6 is 0 Å². The molecule has 2 fully saturated rings. The van der Waals surface area contributed by atoms with Crippen molar-refractivity contribution in [2.75, 3.05) is 32.8 Å². The largest absolute Gasteiger partial charge is 0.396 e. The fourth-order valence-electron chi connectivity index (χ4n) is 2.40. The molecule has 2 rings (SSSR count). The first-order valence-corrected chi connectivity index (χ1v) is 7.40. The minimum Gasteiger partial charge on any atom is -0.396 e. The number of hydrogen-bond donors (Lipinski definition) is 1. The van der Waals surface area contributed by atoms with Gasteiger partial charge in [-0.25, -0.2) is 0 Å². The molecule has 0 bridgehead atoms. The molecule has 6 heteroatoms. The zero-order valence-electron chi connectivity index (χ0n) is 9.51. The van der Waals surface area contributed by atoms with Crippen molar-refractivity contribution in [1.29, 1.82) is 0 Å². The summed E-state index contributed by atoms with van der Waals surface area (Å²) in [7, 11) is -3.21. The van der Waals surface area contributed by atoms with Gasteiger partial charge in [-0.15, -0.1) is 0 Å². The van der Waals surface area contributed by atoms with Crippen LogP contribution < -0.4 is 0 Å². The van der Waals surface area contributed by atoms with E-state index >= 15 is 0 Å². The van der Waals surface area contributed by atoms with Crippen LogP contribution in [0.1, 0.15) is 25.7 Å².